The molecular weight excluding hydrogens is 166 g/mol. The molecule has 0 bridgehead atoms. The van der Waals surface area contributed by atoms with E-state index < -0.39 is 12.2 Å². The lowest BCUT2D eigenvalue weighted by atomic mass is 9.81. The number of hydrogen-bond donors (Lipinski definition) is 3. The average Bonchev–Trinajstić information content (AvgIpc) is 2.47. The second kappa shape index (κ2) is 3.56. The molecule has 0 aromatic heterocycles. The van der Waals surface area contributed by atoms with Crippen molar-refractivity contribution in [3.05, 3.63) is 0 Å². The van der Waals surface area contributed by atoms with E-state index in [1.165, 1.54) is 25.7 Å². The first-order valence-electron chi connectivity index (χ1n) is 5.29. The summed E-state index contributed by atoms with van der Waals surface area (Å²) in [5.74, 6) is 0. The minimum Gasteiger partial charge on any atom is -0.390 e. The van der Waals surface area contributed by atoms with Gasteiger partial charge in [-0.05, 0) is 24.7 Å². The Labute approximate surface area is 79.2 Å². The van der Waals surface area contributed by atoms with Gasteiger partial charge in [-0.25, -0.2) is 0 Å². The summed E-state index contributed by atoms with van der Waals surface area (Å²) in [5.41, 5.74) is 0.289. The molecule has 1 heterocycles. The van der Waals surface area contributed by atoms with E-state index in [0.717, 1.165) is 13.0 Å². The van der Waals surface area contributed by atoms with E-state index in [1.54, 1.807) is 0 Å². The lowest BCUT2D eigenvalue weighted by Gasteiger charge is -2.28. The highest BCUT2D eigenvalue weighted by molar-refractivity contribution is 4.93. The van der Waals surface area contributed by atoms with E-state index >= 15 is 0 Å². The molecule has 1 aliphatic carbocycles. The van der Waals surface area contributed by atoms with E-state index in [0.29, 0.717) is 6.54 Å². The zero-order valence-electron chi connectivity index (χ0n) is 8.00. The van der Waals surface area contributed by atoms with Crippen molar-refractivity contribution in [2.75, 3.05) is 13.1 Å². The Bertz CT molecular complexity index is 178. The largest absolute Gasteiger partial charge is 0.390 e. The van der Waals surface area contributed by atoms with Gasteiger partial charge in [0.25, 0.3) is 0 Å². The van der Waals surface area contributed by atoms with Gasteiger partial charge >= 0.3 is 0 Å². The van der Waals surface area contributed by atoms with Crippen LogP contribution in [0.3, 0.4) is 0 Å². The lowest BCUT2D eigenvalue weighted by molar-refractivity contribution is 0.00626. The lowest BCUT2D eigenvalue weighted by Crippen LogP contribution is -2.32. The summed E-state index contributed by atoms with van der Waals surface area (Å²) in [4.78, 5) is 0. The van der Waals surface area contributed by atoms with Crippen LogP contribution in [0, 0.1) is 5.41 Å². The molecule has 0 aromatic rings. The molecule has 3 heteroatoms. The van der Waals surface area contributed by atoms with Gasteiger partial charge in [0.2, 0.25) is 0 Å². The summed E-state index contributed by atoms with van der Waals surface area (Å²) in [6, 6.07) is 0. The maximum Gasteiger partial charge on any atom is 0.0923 e. The molecule has 0 amide bonds. The summed E-state index contributed by atoms with van der Waals surface area (Å²) in [7, 11) is 0. The number of aliphatic hydroxyl groups excluding tert-OH is 2. The second-order valence-electron chi connectivity index (χ2n) is 4.68. The second-order valence-corrected chi connectivity index (χ2v) is 4.68. The van der Waals surface area contributed by atoms with Crippen LogP contribution in [0.2, 0.25) is 0 Å². The SMILES string of the molecule is O[C@@H]1CC2(CCCC2)CNC[C@@H]1O. The van der Waals surface area contributed by atoms with Gasteiger partial charge < -0.3 is 15.5 Å². The van der Waals surface area contributed by atoms with Gasteiger partial charge in [-0.1, -0.05) is 12.8 Å². The van der Waals surface area contributed by atoms with Gasteiger partial charge in [0.05, 0.1) is 12.2 Å². The number of nitrogens with one attached hydrogen (secondary N) is 1. The molecule has 76 valence electrons. The minimum absolute atomic E-state index is 0.289. The van der Waals surface area contributed by atoms with Crippen LogP contribution in [0.15, 0.2) is 0 Å². The van der Waals surface area contributed by atoms with Crippen LogP contribution in [-0.2, 0) is 0 Å². The Morgan fingerprint density at radius 2 is 1.77 bits per heavy atom. The quantitative estimate of drug-likeness (QED) is 0.507. The summed E-state index contributed by atoms with van der Waals surface area (Å²) in [6.45, 7) is 1.52. The smallest absolute Gasteiger partial charge is 0.0923 e. The highest BCUT2D eigenvalue weighted by Gasteiger charge is 2.39. The van der Waals surface area contributed by atoms with Crippen molar-refractivity contribution in [2.45, 2.75) is 44.3 Å². The maximum atomic E-state index is 9.69. The topological polar surface area (TPSA) is 52.5 Å². The highest BCUT2D eigenvalue weighted by atomic mass is 16.3. The molecule has 2 atom stereocenters. The van der Waals surface area contributed by atoms with E-state index in [9.17, 15) is 10.2 Å². The fraction of sp³-hybridized carbons (Fsp3) is 1.00. The molecule has 13 heavy (non-hydrogen) atoms. The molecule has 2 aliphatic rings. The molecule has 1 saturated carbocycles. The van der Waals surface area contributed by atoms with Crippen LogP contribution in [0.4, 0.5) is 0 Å². The third kappa shape index (κ3) is 1.87. The molecule has 2 fully saturated rings. The fourth-order valence-corrected chi connectivity index (χ4v) is 2.78. The van der Waals surface area contributed by atoms with Crippen molar-refractivity contribution < 1.29 is 10.2 Å². The van der Waals surface area contributed by atoms with Gasteiger partial charge in [-0.2, -0.15) is 0 Å². The van der Waals surface area contributed by atoms with E-state index in [2.05, 4.69) is 5.32 Å². The third-order valence-corrected chi connectivity index (χ3v) is 3.60. The van der Waals surface area contributed by atoms with Gasteiger partial charge in [-0.15, -0.1) is 0 Å². The van der Waals surface area contributed by atoms with Crippen molar-refractivity contribution in [1.29, 1.82) is 0 Å². The summed E-state index contributed by atoms with van der Waals surface area (Å²) >= 11 is 0. The molecule has 1 aliphatic heterocycles. The van der Waals surface area contributed by atoms with E-state index in [-0.39, 0.29) is 5.41 Å². The average molecular weight is 185 g/mol. The maximum absolute atomic E-state index is 9.69. The minimum atomic E-state index is -0.569. The zero-order valence-corrected chi connectivity index (χ0v) is 8.00. The monoisotopic (exact) mass is 185 g/mol. The summed E-state index contributed by atoms with van der Waals surface area (Å²) in [6.07, 6.45) is 4.68. The summed E-state index contributed by atoms with van der Waals surface area (Å²) < 4.78 is 0. The van der Waals surface area contributed by atoms with Crippen LogP contribution in [0.5, 0.6) is 0 Å². The summed E-state index contributed by atoms with van der Waals surface area (Å²) in [5, 5.41) is 22.4. The molecule has 3 N–H and O–H groups in total. The van der Waals surface area contributed by atoms with Crippen LogP contribution in [0.1, 0.15) is 32.1 Å². The Morgan fingerprint density at radius 1 is 1.08 bits per heavy atom. The van der Waals surface area contributed by atoms with Crippen LogP contribution in [0.25, 0.3) is 0 Å². The van der Waals surface area contributed by atoms with Crippen molar-refractivity contribution >= 4 is 0 Å². The molecule has 0 radical (unpaired) electrons. The molecule has 3 nitrogen and oxygen atoms in total. The van der Waals surface area contributed by atoms with Crippen molar-refractivity contribution in [2.24, 2.45) is 5.41 Å². The molecule has 1 saturated heterocycles. The first-order chi connectivity index (χ1) is 6.22. The van der Waals surface area contributed by atoms with Crippen molar-refractivity contribution in [3.8, 4) is 0 Å². The number of aliphatic hydroxyl groups is 2. The molecular formula is C10H19NO2. The first-order valence-corrected chi connectivity index (χ1v) is 5.29. The van der Waals surface area contributed by atoms with Crippen LogP contribution < -0.4 is 5.32 Å². The van der Waals surface area contributed by atoms with Gasteiger partial charge in [-0.3, -0.25) is 0 Å². The van der Waals surface area contributed by atoms with Gasteiger partial charge in [0.15, 0.2) is 0 Å². The standard InChI is InChI=1S/C10H19NO2/c12-8-5-10(3-1-2-4-10)7-11-6-9(8)13/h8-9,11-13H,1-7H2/t8-,9+/m1/s1. The molecule has 0 unspecified atom stereocenters. The number of hydrogen-bond acceptors (Lipinski definition) is 3. The predicted octanol–water partition coefficient (Wildman–Crippen LogP) is 0.262. The normalized spacial score (nSPS) is 39.2. The molecule has 1 spiro atoms. The van der Waals surface area contributed by atoms with E-state index in [4.69, 9.17) is 0 Å². The van der Waals surface area contributed by atoms with Gasteiger partial charge in [0, 0.05) is 13.1 Å². The molecule has 2 rings (SSSR count). The van der Waals surface area contributed by atoms with Gasteiger partial charge in [0.1, 0.15) is 0 Å². The highest BCUT2D eigenvalue weighted by Crippen LogP contribution is 2.42. The first kappa shape index (κ1) is 9.44. The van der Waals surface area contributed by atoms with E-state index in [1.807, 2.05) is 0 Å². The molecule has 0 aromatic carbocycles. The number of rotatable bonds is 0. The fourth-order valence-electron chi connectivity index (χ4n) is 2.78. The Kier molecular flexibility index (Phi) is 2.58. The Hall–Kier alpha value is -0.120. The van der Waals surface area contributed by atoms with Crippen molar-refractivity contribution in [3.63, 3.8) is 0 Å². The Balaban J connectivity index is 2.04. The zero-order chi connectivity index (χ0) is 9.31. The third-order valence-electron chi connectivity index (χ3n) is 3.60. The predicted molar refractivity (Wildman–Crippen MR) is 50.4 cm³/mol. The van der Waals surface area contributed by atoms with Crippen molar-refractivity contribution in [1.82, 2.24) is 5.32 Å². The van der Waals surface area contributed by atoms with Crippen LogP contribution >= 0.6 is 0 Å². The number of β-amino-alcohol motifs (C(OH)–C–C–N with tert-alkyl or cyclic N) is 1. The van der Waals surface area contributed by atoms with Crippen LogP contribution in [-0.4, -0.2) is 35.5 Å². The Morgan fingerprint density at radius 3 is 2.46 bits per heavy atom.